The fourth-order valence-corrected chi connectivity index (χ4v) is 3.35. The molecule has 3 N–H and O–H groups in total. The van der Waals surface area contributed by atoms with Crippen LogP contribution in [0.5, 0.6) is 5.75 Å². The van der Waals surface area contributed by atoms with Gasteiger partial charge in [0.2, 0.25) is 5.91 Å². The van der Waals surface area contributed by atoms with Gasteiger partial charge in [0.1, 0.15) is 5.75 Å². The summed E-state index contributed by atoms with van der Waals surface area (Å²) in [6.45, 7) is 5.58. The van der Waals surface area contributed by atoms with Gasteiger partial charge in [-0.1, -0.05) is 29.8 Å². The zero-order valence-corrected chi connectivity index (χ0v) is 14.3. The summed E-state index contributed by atoms with van der Waals surface area (Å²) in [7, 11) is 0. The van der Waals surface area contributed by atoms with Crippen LogP contribution >= 0.6 is 15.9 Å². The number of hydrogen-bond acceptors (Lipinski definition) is 3. The summed E-state index contributed by atoms with van der Waals surface area (Å²) < 4.78 is 6.71. The van der Waals surface area contributed by atoms with E-state index in [1.54, 1.807) is 0 Å². The molecule has 1 aliphatic heterocycles. The molecule has 4 nitrogen and oxygen atoms in total. The van der Waals surface area contributed by atoms with Crippen molar-refractivity contribution >= 4 is 21.8 Å². The maximum atomic E-state index is 12.5. The van der Waals surface area contributed by atoms with Crippen molar-refractivity contribution in [2.24, 2.45) is 11.1 Å². The molecule has 1 heterocycles. The maximum absolute atomic E-state index is 12.5. The number of halogens is 1. The van der Waals surface area contributed by atoms with Gasteiger partial charge in [-0.2, -0.15) is 0 Å². The Morgan fingerprint density at radius 2 is 2.14 bits per heavy atom. The van der Waals surface area contributed by atoms with Crippen molar-refractivity contribution < 1.29 is 9.53 Å². The first-order valence-corrected chi connectivity index (χ1v) is 8.28. The molecule has 116 valence electrons. The van der Waals surface area contributed by atoms with E-state index >= 15 is 0 Å². The Morgan fingerprint density at radius 3 is 2.76 bits per heavy atom. The van der Waals surface area contributed by atoms with E-state index in [1.807, 2.05) is 19.9 Å². The molecule has 0 radical (unpaired) electrons. The molecule has 5 heteroatoms. The van der Waals surface area contributed by atoms with E-state index in [9.17, 15) is 4.79 Å². The third kappa shape index (κ3) is 3.24. The van der Waals surface area contributed by atoms with Gasteiger partial charge < -0.3 is 15.8 Å². The summed E-state index contributed by atoms with van der Waals surface area (Å²) in [6, 6.07) is 4.09. The molecule has 0 fully saturated rings. The highest BCUT2D eigenvalue weighted by Crippen LogP contribution is 2.33. The molecule has 2 rings (SSSR count). The normalized spacial score (nSPS) is 13.7. The Balaban J connectivity index is 2.12. The quantitative estimate of drug-likeness (QED) is 0.825. The highest BCUT2D eigenvalue weighted by Gasteiger charge is 2.33. The van der Waals surface area contributed by atoms with Gasteiger partial charge in [0.15, 0.2) is 0 Å². The van der Waals surface area contributed by atoms with Crippen LogP contribution in [-0.2, 0) is 17.8 Å². The van der Waals surface area contributed by atoms with E-state index in [0.717, 1.165) is 35.0 Å². The third-order valence-electron chi connectivity index (χ3n) is 4.49. The van der Waals surface area contributed by atoms with E-state index in [2.05, 4.69) is 27.3 Å². The summed E-state index contributed by atoms with van der Waals surface area (Å²) >= 11 is 3.52. The maximum Gasteiger partial charge on any atom is 0.227 e. The lowest BCUT2D eigenvalue weighted by molar-refractivity contribution is -0.131. The van der Waals surface area contributed by atoms with E-state index < -0.39 is 5.41 Å². The summed E-state index contributed by atoms with van der Waals surface area (Å²) in [5.41, 5.74) is 7.57. The number of carbonyl (C=O) groups excluding carboxylic acids is 1. The van der Waals surface area contributed by atoms with Gasteiger partial charge in [-0.25, -0.2) is 0 Å². The molecule has 0 saturated heterocycles. The van der Waals surface area contributed by atoms with E-state index in [1.165, 1.54) is 5.56 Å². The Hall–Kier alpha value is -1.07. The number of hydrogen-bond donors (Lipinski definition) is 2. The molecule has 0 spiro atoms. The lowest BCUT2D eigenvalue weighted by atomic mass is 9.81. The average Bonchev–Trinajstić information content (AvgIpc) is 2.95. The molecule has 0 aromatic heterocycles. The lowest BCUT2D eigenvalue weighted by Gasteiger charge is -2.28. The molecule has 0 unspecified atom stereocenters. The number of rotatable bonds is 6. The first-order chi connectivity index (χ1) is 10.1. The number of fused-ring (bicyclic) bond motifs is 1. The number of nitrogens with two attached hydrogens (primary N) is 1. The molecule has 21 heavy (non-hydrogen) atoms. The third-order valence-corrected chi connectivity index (χ3v) is 4.95. The highest BCUT2D eigenvalue weighted by atomic mass is 79.9. The lowest BCUT2D eigenvalue weighted by Crippen LogP contribution is -2.45. The van der Waals surface area contributed by atoms with Crippen molar-refractivity contribution in [1.29, 1.82) is 0 Å². The molecule has 0 bridgehead atoms. The van der Waals surface area contributed by atoms with Gasteiger partial charge in [-0.15, -0.1) is 0 Å². The second kappa shape index (κ2) is 6.79. The van der Waals surface area contributed by atoms with Gasteiger partial charge in [-0.3, -0.25) is 4.79 Å². The van der Waals surface area contributed by atoms with Crippen molar-refractivity contribution in [1.82, 2.24) is 5.32 Å². The zero-order valence-electron chi connectivity index (χ0n) is 12.7. The van der Waals surface area contributed by atoms with Crippen LogP contribution in [0.4, 0.5) is 0 Å². The Kier molecular flexibility index (Phi) is 5.27. The Bertz CT molecular complexity index is 519. The van der Waals surface area contributed by atoms with Crippen LogP contribution in [0.3, 0.4) is 0 Å². The van der Waals surface area contributed by atoms with Crippen molar-refractivity contribution in [3.8, 4) is 5.75 Å². The largest absolute Gasteiger partial charge is 0.493 e. The highest BCUT2D eigenvalue weighted by molar-refractivity contribution is 9.10. The summed E-state index contributed by atoms with van der Waals surface area (Å²) in [5.74, 6) is 0.951. The first kappa shape index (κ1) is 16.3. The topological polar surface area (TPSA) is 64.4 Å². The molecular formula is C16H23BrN2O2. The molecule has 0 aliphatic carbocycles. The van der Waals surface area contributed by atoms with Crippen LogP contribution in [-0.4, -0.2) is 19.1 Å². The molecule has 0 atom stereocenters. The van der Waals surface area contributed by atoms with Crippen LogP contribution in [0.15, 0.2) is 16.6 Å². The number of carbonyl (C=O) groups is 1. The second-order valence-corrected chi connectivity index (χ2v) is 6.44. The predicted octanol–water partition coefficient (Wildman–Crippen LogP) is 2.77. The minimum Gasteiger partial charge on any atom is -0.493 e. The van der Waals surface area contributed by atoms with Crippen LogP contribution in [0.25, 0.3) is 0 Å². The molecule has 1 aliphatic rings. The zero-order chi connectivity index (χ0) is 15.5. The minimum atomic E-state index is -0.462. The van der Waals surface area contributed by atoms with E-state index in [0.29, 0.717) is 19.7 Å². The van der Waals surface area contributed by atoms with Crippen LogP contribution in [0.1, 0.15) is 37.8 Å². The van der Waals surface area contributed by atoms with Gasteiger partial charge in [0.25, 0.3) is 0 Å². The number of nitrogens with one attached hydrogen (secondary N) is 1. The molecule has 0 saturated carbocycles. The minimum absolute atomic E-state index is 0.0294. The van der Waals surface area contributed by atoms with Gasteiger partial charge >= 0.3 is 0 Å². The summed E-state index contributed by atoms with van der Waals surface area (Å²) in [4.78, 5) is 12.5. The molecular weight excluding hydrogens is 332 g/mol. The average molecular weight is 355 g/mol. The van der Waals surface area contributed by atoms with Crippen LogP contribution in [0.2, 0.25) is 0 Å². The van der Waals surface area contributed by atoms with Crippen molar-refractivity contribution in [2.45, 2.75) is 39.7 Å². The fourth-order valence-electron chi connectivity index (χ4n) is 2.79. The first-order valence-electron chi connectivity index (χ1n) is 7.48. The van der Waals surface area contributed by atoms with Crippen LogP contribution < -0.4 is 15.8 Å². The van der Waals surface area contributed by atoms with Crippen molar-refractivity contribution in [2.75, 3.05) is 13.2 Å². The van der Waals surface area contributed by atoms with Crippen molar-refractivity contribution in [3.05, 3.63) is 27.7 Å². The number of amides is 1. The Labute approximate surface area is 134 Å². The fraction of sp³-hybridized carbons (Fsp3) is 0.562. The SMILES string of the molecule is CCC(CC)(CN)C(=O)NCc1cc(Br)cc2c1OCC2. The predicted molar refractivity (Wildman–Crippen MR) is 87.3 cm³/mol. The number of ether oxygens (including phenoxy) is 1. The molecule has 1 amide bonds. The Morgan fingerprint density at radius 1 is 1.43 bits per heavy atom. The number of benzene rings is 1. The second-order valence-electron chi connectivity index (χ2n) is 5.53. The smallest absolute Gasteiger partial charge is 0.227 e. The molecule has 1 aromatic rings. The van der Waals surface area contributed by atoms with Gasteiger partial charge in [0.05, 0.1) is 12.0 Å². The van der Waals surface area contributed by atoms with Gasteiger partial charge in [0, 0.05) is 29.5 Å². The summed E-state index contributed by atoms with van der Waals surface area (Å²) in [6.07, 6.45) is 2.42. The molecule has 1 aromatic carbocycles. The standard InChI is InChI=1S/C16H23BrN2O2/c1-3-16(4-2,10-18)15(20)19-9-12-8-13(17)7-11-5-6-21-14(11)12/h7-8H,3-6,9-10,18H2,1-2H3,(H,19,20). The van der Waals surface area contributed by atoms with Crippen LogP contribution in [0, 0.1) is 5.41 Å². The van der Waals surface area contributed by atoms with E-state index in [-0.39, 0.29) is 5.91 Å². The summed E-state index contributed by atoms with van der Waals surface area (Å²) in [5, 5.41) is 3.03. The van der Waals surface area contributed by atoms with Crippen molar-refractivity contribution in [3.63, 3.8) is 0 Å². The van der Waals surface area contributed by atoms with E-state index in [4.69, 9.17) is 10.5 Å². The van der Waals surface area contributed by atoms with Gasteiger partial charge in [-0.05, 0) is 30.5 Å². The monoisotopic (exact) mass is 354 g/mol.